The molecule has 0 atom stereocenters. The van der Waals surface area contributed by atoms with Crippen molar-refractivity contribution in [1.29, 1.82) is 0 Å². The summed E-state index contributed by atoms with van der Waals surface area (Å²) in [6, 6.07) is 0. The molecule has 0 saturated heterocycles. The van der Waals surface area contributed by atoms with Crippen molar-refractivity contribution in [3.05, 3.63) is 0 Å². The molecule has 0 fully saturated rings. The molecule has 0 N–H and O–H groups in total. The molecule has 0 aromatic rings. The van der Waals surface area contributed by atoms with Gasteiger partial charge in [0.1, 0.15) is 6.61 Å². The van der Waals surface area contributed by atoms with Crippen LogP contribution in [0.2, 0.25) is 0 Å². The van der Waals surface area contributed by atoms with E-state index < -0.39 is 0 Å². The second-order valence-electron chi connectivity index (χ2n) is 6.35. The van der Waals surface area contributed by atoms with E-state index in [0.717, 1.165) is 13.0 Å². The molecule has 0 unspecified atom stereocenters. The van der Waals surface area contributed by atoms with E-state index in [1.165, 1.54) is 25.7 Å². The molecule has 0 rings (SSSR count). The molecule has 172 valence electrons. The lowest BCUT2D eigenvalue weighted by Gasteiger charge is -2.08. The molecule has 0 radical (unpaired) electrons. The Morgan fingerprint density at radius 2 is 0.793 bits per heavy atom. The Kier molecular flexibility index (Phi) is 26.6. The predicted molar refractivity (Wildman–Crippen MR) is 113 cm³/mol. The average molecular weight is 419 g/mol. The van der Waals surface area contributed by atoms with Gasteiger partial charge in [0.05, 0.1) is 79.3 Å². The highest BCUT2D eigenvalue weighted by Gasteiger charge is 1.95. The summed E-state index contributed by atoms with van der Waals surface area (Å²) in [5.74, 6) is 2.40. The van der Waals surface area contributed by atoms with Crippen LogP contribution in [-0.2, 0) is 33.2 Å². The Labute approximate surface area is 177 Å². The molecule has 0 spiro atoms. The Bertz CT molecular complexity index is 334. The summed E-state index contributed by atoms with van der Waals surface area (Å²) in [6.45, 7) is 10.1. The third kappa shape index (κ3) is 27.3. The quantitative estimate of drug-likeness (QED) is 0.167. The first-order valence-electron chi connectivity index (χ1n) is 10.9. The minimum Gasteiger partial charge on any atom is -0.379 e. The molecule has 0 aromatic heterocycles. The first kappa shape index (κ1) is 28.3. The van der Waals surface area contributed by atoms with Gasteiger partial charge in [-0.05, 0) is 6.42 Å². The van der Waals surface area contributed by atoms with Crippen molar-refractivity contribution in [1.82, 2.24) is 0 Å². The van der Waals surface area contributed by atoms with Gasteiger partial charge < -0.3 is 33.2 Å². The summed E-state index contributed by atoms with van der Waals surface area (Å²) in [6.07, 6.45) is 11.4. The third-order valence-electron chi connectivity index (χ3n) is 3.81. The molecular weight excluding hydrogens is 376 g/mol. The summed E-state index contributed by atoms with van der Waals surface area (Å²) in [7, 11) is 0. The van der Waals surface area contributed by atoms with Crippen LogP contribution in [-0.4, -0.2) is 92.5 Å². The number of unbranched alkanes of at least 4 members (excludes halogenated alkanes) is 4. The second kappa shape index (κ2) is 27.3. The summed E-state index contributed by atoms with van der Waals surface area (Å²) in [5, 5.41) is 0. The largest absolute Gasteiger partial charge is 0.379 e. The fraction of sp³-hybridized carbons (Fsp3) is 0.909. The summed E-state index contributed by atoms with van der Waals surface area (Å²) in [4.78, 5) is 0. The molecule has 7 nitrogen and oxygen atoms in total. The molecule has 0 aliphatic carbocycles. The van der Waals surface area contributed by atoms with Crippen LogP contribution in [0, 0.1) is 12.3 Å². The van der Waals surface area contributed by atoms with Crippen molar-refractivity contribution in [2.24, 2.45) is 0 Å². The van der Waals surface area contributed by atoms with Crippen LogP contribution in [0.1, 0.15) is 39.0 Å². The van der Waals surface area contributed by atoms with Gasteiger partial charge in [-0.25, -0.2) is 0 Å². The van der Waals surface area contributed by atoms with E-state index in [1.807, 2.05) is 0 Å². The van der Waals surface area contributed by atoms with Crippen LogP contribution in [0.3, 0.4) is 0 Å². The van der Waals surface area contributed by atoms with Crippen LogP contribution in [0.5, 0.6) is 0 Å². The number of terminal acetylenes is 1. The number of hydrogen-bond donors (Lipinski definition) is 0. The highest BCUT2D eigenvalue weighted by molar-refractivity contribution is 4.82. The monoisotopic (exact) mass is 418 g/mol. The zero-order valence-corrected chi connectivity index (χ0v) is 18.4. The third-order valence-corrected chi connectivity index (χ3v) is 3.81. The van der Waals surface area contributed by atoms with Crippen LogP contribution < -0.4 is 0 Å². The molecule has 0 aliphatic heterocycles. The molecule has 0 amide bonds. The van der Waals surface area contributed by atoms with E-state index in [2.05, 4.69) is 12.8 Å². The van der Waals surface area contributed by atoms with Crippen molar-refractivity contribution in [2.45, 2.75) is 39.0 Å². The lowest BCUT2D eigenvalue weighted by Crippen LogP contribution is -2.14. The van der Waals surface area contributed by atoms with Crippen molar-refractivity contribution >= 4 is 0 Å². The van der Waals surface area contributed by atoms with Gasteiger partial charge in [0.25, 0.3) is 0 Å². The Morgan fingerprint density at radius 1 is 0.448 bits per heavy atom. The first-order chi connectivity index (χ1) is 14.4. The minimum absolute atomic E-state index is 0.322. The van der Waals surface area contributed by atoms with Gasteiger partial charge in [0, 0.05) is 6.61 Å². The van der Waals surface area contributed by atoms with Gasteiger partial charge >= 0.3 is 0 Å². The van der Waals surface area contributed by atoms with Crippen molar-refractivity contribution in [3.63, 3.8) is 0 Å². The maximum absolute atomic E-state index is 5.53. The molecule has 7 heteroatoms. The number of hydrogen-bond acceptors (Lipinski definition) is 7. The standard InChI is InChI=1S/C22H42O7/c1-3-5-6-7-8-10-24-12-14-26-16-18-28-20-22-29-21-19-27-17-15-25-13-11-23-9-4-2/h2H,3,5-22H2,1H3. The van der Waals surface area contributed by atoms with Crippen molar-refractivity contribution in [2.75, 3.05) is 92.5 Å². The van der Waals surface area contributed by atoms with Gasteiger partial charge in [0.15, 0.2) is 0 Å². The molecular formula is C22H42O7. The van der Waals surface area contributed by atoms with Crippen LogP contribution >= 0.6 is 0 Å². The fourth-order valence-corrected chi connectivity index (χ4v) is 2.26. The highest BCUT2D eigenvalue weighted by atomic mass is 16.6. The van der Waals surface area contributed by atoms with Crippen LogP contribution in [0.25, 0.3) is 0 Å². The van der Waals surface area contributed by atoms with Crippen molar-refractivity contribution < 1.29 is 33.2 Å². The molecule has 0 bridgehead atoms. The molecule has 0 saturated carbocycles. The predicted octanol–water partition coefficient (Wildman–Crippen LogP) is 2.71. The zero-order chi connectivity index (χ0) is 21.1. The maximum Gasteiger partial charge on any atom is 0.107 e. The van der Waals surface area contributed by atoms with E-state index >= 15 is 0 Å². The Balaban J connectivity index is 2.98. The van der Waals surface area contributed by atoms with Gasteiger partial charge in [-0.3, -0.25) is 0 Å². The minimum atomic E-state index is 0.322. The smallest absolute Gasteiger partial charge is 0.107 e. The average Bonchev–Trinajstić information content (AvgIpc) is 2.74. The molecule has 0 aliphatic rings. The van der Waals surface area contributed by atoms with Gasteiger partial charge in [-0.2, -0.15) is 0 Å². The number of ether oxygens (including phenoxy) is 7. The molecule has 0 aromatic carbocycles. The van der Waals surface area contributed by atoms with Crippen LogP contribution in [0.4, 0.5) is 0 Å². The van der Waals surface area contributed by atoms with E-state index in [-0.39, 0.29) is 0 Å². The Morgan fingerprint density at radius 3 is 1.17 bits per heavy atom. The van der Waals surface area contributed by atoms with Gasteiger partial charge in [0.2, 0.25) is 0 Å². The van der Waals surface area contributed by atoms with E-state index in [1.54, 1.807) is 0 Å². The van der Waals surface area contributed by atoms with E-state index in [4.69, 9.17) is 39.6 Å². The van der Waals surface area contributed by atoms with Gasteiger partial charge in [-0.15, -0.1) is 6.42 Å². The summed E-state index contributed by atoms with van der Waals surface area (Å²) < 4.78 is 37.6. The number of rotatable bonds is 25. The summed E-state index contributed by atoms with van der Waals surface area (Å²) >= 11 is 0. The SMILES string of the molecule is C#CCOCCOCCOCCOCCOCCOCCOCCCCCCC. The topological polar surface area (TPSA) is 64.6 Å². The Hall–Kier alpha value is -0.720. The lowest BCUT2D eigenvalue weighted by molar-refractivity contribution is -0.0197. The van der Waals surface area contributed by atoms with E-state index in [9.17, 15) is 0 Å². The van der Waals surface area contributed by atoms with Gasteiger partial charge in [-0.1, -0.05) is 38.5 Å². The molecule has 0 heterocycles. The van der Waals surface area contributed by atoms with Crippen LogP contribution in [0.15, 0.2) is 0 Å². The molecule has 29 heavy (non-hydrogen) atoms. The summed E-state index contributed by atoms with van der Waals surface area (Å²) in [5.41, 5.74) is 0. The zero-order valence-electron chi connectivity index (χ0n) is 18.4. The maximum atomic E-state index is 5.53. The normalized spacial score (nSPS) is 11.0. The first-order valence-corrected chi connectivity index (χ1v) is 10.9. The van der Waals surface area contributed by atoms with E-state index in [0.29, 0.717) is 85.9 Å². The lowest BCUT2D eigenvalue weighted by atomic mass is 10.2. The fourth-order valence-electron chi connectivity index (χ4n) is 2.26. The van der Waals surface area contributed by atoms with Crippen molar-refractivity contribution in [3.8, 4) is 12.3 Å². The highest BCUT2D eigenvalue weighted by Crippen LogP contribution is 2.02. The second-order valence-corrected chi connectivity index (χ2v) is 6.35.